The predicted molar refractivity (Wildman–Crippen MR) is 129 cm³/mol. The largest absolute Gasteiger partial charge is 0.445 e. The second kappa shape index (κ2) is 10.8. The number of amides is 2. The smallest absolute Gasteiger partial charge is 0.407 e. The minimum atomic E-state index is -0.504. The molecule has 0 aliphatic carbocycles. The number of ether oxygens (including phenoxy) is 1. The number of hydrogen-bond acceptors (Lipinski definition) is 5. The number of benzene rings is 2. The molecule has 1 aliphatic rings. The van der Waals surface area contributed by atoms with Gasteiger partial charge in [-0.15, -0.1) is 0 Å². The van der Waals surface area contributed by atoms with Crippen LogP contribution in [0.1, 0.15) is 22.3 Å². The maximum Gasteiger partial charge on any atom is 0.407 e. The van der Waals surface area contributed by atoms with E-state index in [9.17, 15) is 14.4 Å². The number of carbonyl (C=O) groups excluding carboxylic acids is 2. The van der Waals surface area contributed by atoms with Crippen LogP contribution in [-0.4, -0.2) is 53.7 Å². The molecular weight excluding hydrogens is 432 g/mol. The van der Waals surface area contributed by atoms with Crippen molar-refractivity contribution in [1.82, 2.24) is 20.1 Å². The highest BCUT2D eigenvalue weighted by atomic mass is 16.5. The second-order valence-corrected chi connectivity index (χ2v) is 8.40. The van der Waals surface area contributed by atoms with Crippen molar-refractivity contribution in [1.29, 1.82) is 0 Å². The lowest BCUT2D eigenvalue weighted by Gasteiger charge is -2.37. The predicted octanol–water partition coefficient (Wildman–Crippen LogP) is 2.57. The number of likely N-dealkylation sites (tertiary alicyclic amines) is 1. The average molecular weight is 461 g/mol. The average Bonchev–Trinajstić information content (AvgIpc) is 2.85. The van der Waals surface area contributed by atoms with Crippen LogP contribution in [0.25, 0.3) is 5.69 Å². The molecule has 3 aromatic rings. The summed E-state index contributed by atoms with van der Waals surface area (Å²) in [6.45, 7) is 1.59. The minimum absolute atomic E-state index is 0.141. The molecule has 1 aromatic heterocycles. The number of pyridine rings is 1. The first-order valence-corrected chi connectivity index (χ1v) is 11.2. The second-order valence-electron chi connectivity index (χ2n) is 8.40. The monoisotopic (exact) mass is 460 g/mol. The Hall–Kier alpha value is -3.91. The lowest BCUT2D eigenvalue weighted by Crippen LogP contribution is -2.59. The summed E-state index contributed by atoms with van der Waals surface area (Å²) in [5.74, 6) is -0.239. The third kappa shape index (κ3) is 5.90. The molecule has 176 valence electrons. The fourth-order valence-electron chi connectivity index (χ4n) is 4.02. The van der Waals surface area contributed by atoms with Crippen molar-refractivity contribution in [2.75, 3.05) is 20.1 Å². The lowest BCUT2D eigenvalue weighted by atomic mass is 9.99. The highest BCUT2D eigenvalue weighted by Crippen LogP contribution is 2.13. The van der Waals surface area contributed by atoms with Gasteiger partial charge in [0.1, 0.15) is 6.61 Å². The number of carbonyl (C=O) groups is 2. The van der Waals surface area contributed by atoms with Crippen LogP contribution in [-0.2, 0) is 11.3 Å². The van der Waals surface area contributed by atoms with Crippen LogP contribution in [0, 0.1) is 0 Å². The van der Waals surface area contributed by atoms with Gasteiger partial charge in [0.2, 0.25) is 0 Å². The summed E-state index contributed by atoms with van der Waals surface area (Å²) >= 11 is 0. The van der Waals surface area contributed by atoms with Crippen molar-refractivity contribution < 1.29 is 14.3 Å². The highest BCUT2D eigenvalue weighted by Gasteiger charge is 2.30. The summed E-state index contributed by atoms with van der Waals surface area (Å²) < 4.78 is 6.87. The summed E-state index contributed by atoms with van der Waals surface area (Å²) in [6.07, 6.45) is 1.87. The molecule has 4 rings (SSSR count). The van der Waals surface area contributed by atoms with Gasteiger partial charge in [0.25, 0.3) is 11.5 Å². The van der Waals surface area contributed by atoms with Gasteiger partial charge in [0, 0.05) is 30.1 Å². The molecular formula is C26H28N4O4. The van der Waals surface area contributed by atoms with E-state index in [0.29, 0.717) is 24.2 Å². The van der Waals surface area contributed by atoms with E-state index in [2.05, 4.69) is 15.5 Å². The van der Waals surface area contributed by atoms with Crippen LogP contribution in [0.2, 0.25) is 0 Å². The van der Waals surface area contributed by atoms with Gasteiger partial charge in [-0.3, -0.25) is 14.2 Å². The normalized spacial score (nSPS) is 18.1. The van der Waals surface area contributed by atoms with Crippen molar-refractivity contribution in [2.24, 2.45) is 0 Å². The van der Waals surface area contributed by atoms with Crippen molar-refractivity contribution in [2.45, 2.75) is 25.1 Å². The van der Waals surface area contributed by atoms with Crippen LogP contribution in [0.5, 0.6) is 0 Å². The van der Waals surface area contributed by atoms with E-state index in [-0.39, 0.29) is 30.2 Å². The fraction of sp³-hybridized carbons (Fsp3) is 0.269. The number of likely N-dealkylation sites (N-methyl/N-ethyl adjacent to an activating group) is 1. The van der Waals surface area contributed by atoms with Crippen LogP contribution < -0.4 is 16.2 Å². The summed E-state index contributed by atoms with van der Waals surface area (Å²) in [7, 11) is 1.98. The Balaban J connectivity index is 1.38. The minimum Gasteiger partial charge on any atom is -0.445 e. The van der Waals surface area contributed by atoms with Gasteiger partial charge >= 0.3 is 6.09 Å². The molecule has 0 unspecified atom stereocenters. The summed E-state index contributed by atoms with van der Waals surface area (Å²) in [4.78, 5) is 39.4. The summed E-state index contributed by atoms with van der Waals surface area (Å²) in [6, 6.07) is 20.8. The molecule has 1 aliphatic heterocycles. The zero-order valence-corrected chi connectivity index (χ0v) is 19.0. The molecule has 8 nitrogen and oxygen atoms in total. The molecule has 1 saturated heterocycles. The van der Waals surface area contributed by atoms with Gasteiger partial charge in [-0.25, -0.2) is 4.79 Å². The number of rotatable bonds is 6. The molecule has 2 aromatic carbocycles. The summed E-state index contributed by atoms with van der Waals surface area (Å²) in [5.41, 5.74) is 1.93. The van der Waals surface area contributed by atoms with E-state index in [4.69, 9.17) is 4.74 Å². The molecule has 0 saturated carbocycles. The van der Waals surface area contributed by atoms with Gasteiger partial charge in [-0.05, 0) is 55.9 Å². The number of piperidine rings is 1. The molecule has 8 heteroatoms. The molecule has 1 fully saturated rings. The molecule has 34 heavy (non-hydrogen) atoms. The van der Waals surface area contributed by atoms with Crippen LogP contribution in [0.3, 0.4) is 0 Å². The maximum absolute atomic E-state index is 12.9. The zero-order valence-electron chi connectivity index (χ0n) is 19.0. The third-order valence-electron chi connectivity index (χ3n) is 5.88. The van der Waals surface area contributed by atoms with Gasteiger partial charge in [0.05, 0.1) is 12.1 Å². The fourth-order valence-corrected chi connectivity index (χ4v) is 4.02. The SMILES string of the molecule is CN1CC[C@H](NC(=O)OCc2ccccc2)[C@H](NC(=O)c2ccc(-n3ccccc3=O)cc2)C1. The molecule has 0 spiro atoms. The molecule has 2 atom stereocenters. The Morgan fingerprint density at radius 1 is 0.941 bits per heavy atom. The van der Waals surface area contributed by atoms with E-state index >= 15 is 0 Å². The van der Waals surface area contributed by atoms with Crippen molar-refractivity contribution in [3.05, 3.63) is 100 Å². The molecule has 2 amide bonds. The Kier molecular flexibility index (Phi) is 7.39. The first-order chi connectivity index (χ1) is 16.5. The van der Waals surface area contributed by atoms with Crippen LogP contribution in [0.4, 0.5) is 4.79 Å². The zero-order chi connectivity index (χ0) is 23.9. The highest BCUT2D eigenvalue weighted by molar-refractivity contribution is 5.94. The Morgan fingerprint density at radius 3 is 2.41 bits per heavy atom. The Morgan fingerprint density at radius 2 is 1.68 bits per heavy atom. The van der Waals surface area contributed by atoms with Gasteiger partial charge in [-0.1, -0.05) is 36.4 Å². The number of nitrogens with one attached hydrogen (secondary N) is 2. The third-order valence-corrected chi connectivity index (χ3v) is 5.88. The van der Waals surface area contributed by atoms with Crippen LogP contribution in [0.15, 0.2) is 83.8 Å². The number of aromatic nitrogens is 1. The van der Waals surface area contributed by atoms with Crippen molar-refractivity contribution in [3.8, 4) is 5.69 Å². The molecule has 2 heterocycles. The molecule has 2 N–H and O–H groups in total. The first kappa shape index (κ1) is 23.3. The summed E-state index contributed by atoms with van der Waals surface area (Å²) in [5, 5.41) is 5.96. The molecule has 0 radical (unpaired) electrons. The number of alkyl carbamates (subject to hydrolysis) is 1. The van der Waals surface area contributed by atoms with Gasteiger partial charge in [0.15, 0.2) is 0 Å². The Bertz CT molecular complexity index is 1180. The van der Waals surface area contributed by atoms with Gasteiger partial charge < -0.3 is 20.3 Å². The lowest BCUT2D eigenvalue weighted by molar-refractivity contribution is 0.0871. The number of nitrogens with zero attached hydrogens (tertiary/aromatic N) is 2. The first-order valence-electron chi connectivity index (χ1n) is 11.2. The van der Waals surface area contributed by atoms with E-state index < -0.39 is 6.09 Å². The van der Waals surface area contributed by atoms with E-state index in [1.807, 2.05) is 37.4 Å². The maximum atomic E-state index is 12.9. The van der Waals surface area contributed by atoms with Gasteiger partial charge in [-0.2, -0.15) is 0 Å². The van der Waals surface area contributed by atoms with Crippen LogP contribution >= 0.6 is 0 Å². The standard InChI is InChI=1S/C26H28N4O4/c1-29-16-14-22(28-26(33)34-18-19-7-3-2-4-8-19)23(17-29)27-25(32)20-10-12-21(13-11-20)30-15-6-5-9-24(30)31/h2-13,15,22-23H,14,16-18H2,1H3,(H,27,32)(H,28,33)/t22-,23+/m0/s1. The molecule has 0 bridgehead atoms. The quantitative estimate of drug-likeness (QED) is 0.590. The Labute approximate surface area is 198 Å². The van der Waals surface area contributed by atoms with E-state index in [1.165, 1.54) is 10.6 Å². The van der Waals surface area contributed by atoms with Crippen molar-refractivity contribution >= 4 is 12.0 Å². The topological polar surface area (TPSA) is 92.7 Å². The number of hydrogen-bond donors (Lipinski definition) is 2. The van der Waals surface area contributed by atoms with E-state index in [1.54, 1.807) is 42.6 Å². The van der Waals surface area contributed by atoms with E-state index in [0.717, 1.165) is 12.1 Å². The van der Waals surface area contributed by atoms with Crippen molar-refractivity contribution in [3.63, 3.8) is 0 Å².